The molecule has 172 valence electrons. The highest BCUT2D eigenvalue weighted by Crippen LogP contribution is 2.39. The maximum absolute atomic E-state index is 12.3. The number of hydrogen-bond donors (Lipinski definition) is 2. The van der Waals surface area contributed by atoms with E-state index in [-0.39, 0.29) is 6.10 Å². The first-order chi connectivity index (χ1) is 15.9. The number of likely N-dealkylation sites (N-methyl/N-ethyl adjacent to an activating group) is 1. The molecular formula is C24H28N6O2S. The van der Waals surface area contributed by atoms with Crippen molar-refractivity contribution in [2.45, 2.75) is 36.1 Å². The molecule has 2 aromatic rings. The van der Waals surface area contributed by atoms with Crippen molar-refractivity contribution in [1.82, 2.24) is 9.88 Å². The maximum atomic E-state index is 12.3. The molecule has 1 aliphatic heterocycles. The fraction of sp³-hybridized carbons (Fsp3) is 0.417. The van der Waals surface area contributed by atoms with E-state index in [0.717, 1.165) is 36.8 Å². The molecule has 2 atom stereocenters. The number of carbonyl (C=O) groups excluding carboxylic acids is 1. The standard InChI is InChI=1S/C24H28N6O2S/c1-3-18-19(13-25)23(29(2)11-12-30-10-9-17(31)15-30)28-24(20(18)14-26)33-21(22(27)32)16-7-5-4-6-8-16/h4-8,17,21,31H,3,9-12,15H2,1-2H3,(H2,27,32)/t17-,21?/m0/s1. The van der Waals surface area contributed by atoms with Gasteiger partial charge in [-0.15, -0.1) is 0 Å². The Morgan fingerprint density at radius 2 is 2.03 bits per heavy atom. The SMILES string of the molecule is CCc1c(C#N)c(SC(C(N)=O)c2ccccc2)nc(N(C)CCN2CC[C@H](O)C2)c1C#N. The minimum absolute atomic E-state index is 0.295. The number of amides is 1. The molecular weight excluding hydrogens is 436 g/mol. The number of nitrogens with two attached hydrogens (primary N) is 1. The lowest BCUT2D eigenvalue weighted by Gasteiger charge is -2.25. The molecule has 8 nitrogen and oxygen atoms in total. The normalized spacial score (nSPS) is 16.7. The summed E-state index contributed by atoms with van der Waals surface area (Å²) in [5, 5.41) is 29.2. The van der Waals surface area contributed by atoms with Gasteiger partial charge in [0.15, 0.2) is 0 Å². The molecule has 1 aromatic carbocycles. The van der Waals surface area contributed by atoms with E-state index >= 15 is 0 Å². The van der Waals surface area contributed by atoms with Crippen LogP contribution in [-0.2, 0) is 11.2 Å². The number of primary amides is 1. The fourth-order valence-corrected chi connectivity index (χ4v) is 5.05. The number of aliphatic hydroxyl groups is 1. The molecule has 0 aliphatic carbocycles. The number of benzene rings is 1. The Morgan fingerprint density at radius 1 is 1.33 bits per heavy atom. The van der Waals surface area contributed by atoms with Gasteiger partial charge in [-0.2, -0.15) is 10.5 Å². The van der Waals surface area contributed by atoms with Crippen molar-refractivity contribution in [3.05, 3.63) is 52.6 Å². The van der Waals surface area contributed by atoms with Crippen molar-refractivity contribution >= 4 is 23.5 Å². The van der Waals surface area contributed by atoms with Gasteiger partial charge in [-0.05, 0) is 24.0 Å². The van der Waals surface area contributed by atoms with Gasteiger partial charge in [0, 0.05) is 33.2 Å². The van der Waals surface area contributed by atoms with Crippen LogP contribution >= 0.6 is 11.8 Å². The quantitative estimate of drug-likeness (QED) is 0.540. The molecule has 1 unspecified atom stereocenters. The molecule has 1 fully saturated rings. The molecule has 2 heterocycles. The predicted octanol–water partition coefficient (Wildman–Crippen LogP) is 2.21. The number of pyridine rings is 1. The van der Waals surface area contributed by atoms with E-state index in [1.165, 1.54) is 0 Å². The molecule has 1 saturated heterocycles. The predicted molar refractivity (Wildman–Crippen MR) is 128 cm³/mol. The number of hydrogen-bond acceptors (Lipinski definition) is 8. The maximum Gasteiger partial charge on any atom is 0.235 e. The summed E-state index contributed by atoms with van der Waals surface area (Å²) in [6, 6.07) is 13.6. The highest BCUT2D eigenvalue weighted by Gasteiger charge is 2.27. The van der Waals surface area contributed by atoms with Gasteiger partial charge >= 0.3 is 0 Å². The number of β-amino-alcohol motifs (C(OH)–C–C–N with tert-alkyl or cyclic N) is 1. The summed E-state index contributed by atoms with van der Waals surface area (Å²) < 4.78 is 0. The third-order valence-corrected chi connectivity index (χ3v) is 7.04. The molecule has 0 radical (unpaired) electrons. The van der Waals surface area contributed by atoms with Crippen LogP contribution in [-0.4, -0.2) is 60.2 Å². The summed E-state index contributed by atoms with van der Waals surface area (Å²) in [6.45, 7) is 4.69. The number of anilines is 1. The Bertz CT molecular complexity index is 1080. The number of carbonyl (C=O) groups is 1. The Morgan fingerprint density at radius 3 is 2.58 bits per heavy atom. The van der Waals surface area contributed by atoms with E-state index in [4.69, 9.17) is 10.7 Å². The van der Waals surface area contributed by atoms with Crippen molar-refractivity contribution in [2.24, 2.45) is 5.73 Å². The summed E-state index contributed by atoms with van der Waals surface area (Å²) in [4.78, 5) is 21.0. The minimum atomic E-state index is -0.715. The monoisotopic (exact) mass is 464 g/mol. The second-order valence-corrected chi connectivity index (χ2v) is 9.12. The molecule has 1 aromatic heterocycles. The smallest absolute Gasteiger partial charge is 0.235 e. The first-order valence-electron chi connectivity index (χ1n) is 10.9. The van der Waals surface area contributed by atoms with Crippen LogP contribution in [0.1, 0.15) is 40.8 Å². The van der Waals surface area contributed by atoms with E-state index in [0.29, 0.717) is 47.0 Å². The largest absolute Gasteiger partial charge is 0.392 e. The lowest BCUT2D eigenvalue weighted by molar-refractivity contribution is -0.117. The number of aliphatic hydroxyl groups excluding tert-OH is 1. The Balaban J connectivity index is 1.98. The van der Waals surface area contributed by atoms with Crippen LogP contribution in [0, 0.1) is 22.7 Å². The highest BCUT2D eigenvalue weighted by atomic mass is 32.2. The number of nitriles is 2. The minimum Gasteiger partial charge on any atom is -0.392 e. The average molecular weight is 465 g/mol. The van der Waals surface area contributed by atoms with E-state index in [1.807, 2.05) is 49.2 Å². The summed E-state index contributed by atoms with van der Waals surface area (Å²) in [5.41, 5.74) is 7.73. The van der Waals surface area contributed by atoms with Gasteiger partial charge in [-0.25, -0.2) is 4.98 Å². The van der Waals surface area contributed by atoms with Crippen molar-refractivity contribution in [3.8, 4) is 12.1 Å². The van der Waals surface area contributed by atoms with Gasteiger partial charge in [0.25, 0.3) is 0 Å². The molecule has 0 spiro atoms. The molecule has 3 N–H and O–H groups in total. The molecule has 0 saturated carbocycles. The Labute approximate surface area is 198 Å². The van der Waals surface area contributed by atoms with Gasteiger partial charge < -0.3 is 15.7 Å². The van der Waals surface area contributed by atoms with E-state index in [2.05, 4.69) is 17.0 Å². The van der Waals surface area contributed by atoms with Crippen molar-refractivity contribution in [3.63, 3.8) is 0 Å². The van der Waals surface area contributed by atoms with Crippen LogP contribution < -0.4 is 10.6 Å². The van der Waals surface area contributed by atoms with Crippen molar-refractivity contribution < 1.29 is 9.90 Å². The van der Waals surface area contributed by atoms with Gasteiger partial charge in [-0.3, -0.25) is 9.69 Å². The zero-order chi connectivity index (χ0) is 24.0. The Kier molecular flexibility index (Phi) is 8.29. The van der Waals surface area contributed by atoms with Crippen LogP contribution in [0.15, 0.2) is 35.4 Å². The average Bonchev–Trinajstić information content (AvgIpc) is 3.25. The van der Waals surface area contributed by atoms with Gasteiger partial charge in [0.2, 0.25) is 5.91 Å². The third kappa shape index (κ3) is 5.63. The fourth-order valence-electron chi connectivity index (χ4n) is 3.99. The van der Waals surface area contributed by atoms with Crippen LogP contribution in [0.5, 0.6) is 0 Å². The van der Waals surface area contributed by atoms with E-state index in [9.17, 15) is 20.4 Å². The lowest BCUT2D eigenvalue weighted by atomic mass is 10.0. The Hall–Kier alpha value is -3.11. The zero-order valence-electron chi connectivity index (χ0n) is 18.9. The lowest BCUT2D eigenvalue weighted by Crippen LogP contribution is -2.33. The second-order valence-electron chi connectivity index (χ2n) is 8.02. The molecule has 9 heteroatoms. The summed E-state index contributed by atoms with van der Waals surface area (Å²) >= 11 is 1.14. The summed E-state index contributed by atoms with van der Waals surface area (Å²) in [6.07, 6.45) is 0.946. The van der Waals surface area contributed by atoms with E-state index < -0.39 is 11.2 Å². The number of nitrogens with zero attached hydrogens (tertiary/aromatic N) is 5. The van der Waals surface area contributed by atoms with Crippen molar-refractivity contribution in [1.29, 1.82) is 10.5 Å². The number of rotatable bonds is 9. The number of aromatic nitrogens is 1. The van der Waals surface area contributed by atoms with Gasteiger partial charge in [-0.1, -0.05) is 49.0 Å². The first kappa shape index (κ1) is 24.5. The molecule has 1 aliphatic rings. The van der Waals surface area contributed by atoms with Gasteiger partial charge in [0.1, 0.15) is 28.2 Å². The van der Waals surface area contributed by atoms with Crippen molar-refractivity contribution in [2.75, 3.05) is 38.1 Å². The summed E-state index contributed by atoms with van der Waals surface area (Å²) in [7, 11) is 1.86. The van der Waals surface area contributed by atoms with Crippen LogP contribution in [0.3, 0.4) is 0 Å². The van der Waals surface area contributed by atoms with E-state index in [1.54, 1.807) is 0 Å². The molecule has 0 bridgehead atoms. The number of likely N-dealkylation sites (tertiary alicyclic amines) is 1. The molecule has 33 heavy (non-hydrogen) atoms. The van der Waals surface area contributed by atoms with Crippen LogP contribution in [0.4, 0.5) is 5.82 Å². The number of thioether (sulfide) groups is 1. The second kappa shape index (κ2) is 11.2. The summed E-state index contributed by atoms with van der Waals surface area (Å²) in [5.74, 6) is -0.0475. The van der Waals surface area contributed by atoms with Gasteiger partial charge in [0.05, 0.1) is 17.2 Å². The first-order valence-corrected chi connectivity index (χ1v) is 11.8. The topological polar surface area (TPSA) is 130 Å². The van der Waals surface area contributed by atoms with Crippen LogP contribution in [0.25, 0.3) is 0 Å². The third-order valence-electron chi connectivity index (χ3n) is 5.78. The molecule has 1 amide bonds. The molecule has 3 rings (SSSR count). The zero-order valence-corrected chi connectivity index (χ0v) is 19.7. The van der Waals surface area contributed by atoms with Crippen LogP contribution in [0.2, 0.25) is 0 Å². The highest BCUT2D eigenvalue weighted by molar-refractivity contribution is 8.00.